The number of nitrogens with zero attached hydrogens (tertiary/aromatic N) is 1. The fourth-order valence-corrected chi connectivity index (χ4v) is 4.05. The summed E-state index contributed by atoms with van der Waals surface area (Å²) in [5, 5.41) is 7.84. The minimum Gasteiger partial charge on any atom is -0.455 e. The molecule has 2 amide bonds. The van der Waals surface area contributed by atoms with Crippen LogP contribution in [-0.2, 0) is 24.2 Å². The molecule has 3 aromatic rings. The molecule has 7 heteroatoms. The summed E-state index contributed by atoms with van der Waals surface area (Å²) >= 11 is 6.17. The van der Waals surface area contributed by atoms with Crippen LogP contribution in [0.25, 0.3) is 0 Å². The zero-order chi connectivity index (χ0) is 22.5. The molecule has 0 saturated carbocycles. The van der Waals surface area contributed by atoms with Gasteiger partial charge in [0.25, 0.3) is 5.91 Å². The molecule has 0 bridgehead atoms. The molecule has 1 aromatic heterocycles. The van der Waals surface area contributed by atoms with E-state index in [1.807, 2.05) is 55.5 Å². The van der Waals surface area contributed by atoms with Crippen LogP contribution >= 0.6 is 11.6 Å². The largest absolute Gasteiger partial charge is 0.455 e. The standard InChI is InChI=1S/C25H24ClN3O3/c1-16-23-20(28-29-22(30)14-17-8-3-2-4-9-17)12-7-13-21(23)32-24(16)25(31)27-15-18-10-5-6-11-19(18)26/h2-6,8-11H,7,12-15H2,1H3,(H,27,31)(H,29,30)/b28-20+. The highest BCUT2D eigenvalue weighted by Crippen LogP contribution is 2.30. The topological polar surface area (TPSA) is 83.7 Å². The number of nitrogens with one attached hydrogen (secondary N) is 2. The van der Waals surface area contributed by atoms with Crippen LogP contribution in [0.15, 0.2) is 64.1 Å². The summed E-state index contributed by atoms with van der Waals surface area (Å²) in [7, 11) is 0. The predicted octanol–water partition coefficient (Wildman–Crippen LogP) is 4.57. The lowest BCUT2D eigenvalue weighted by Crippen LogP contribution is -2.24. The van der Waals surface area contributed by atoms with Crippen molar-refractivity contribution in [3.05, 3.63) is 93.4 Å². The maximum atomic E-state index is 12.8. The van der Waals surface area contributed by atoms with E-state index >= 15 is 0 Å². The summed E-state index contributed by atoms with van der Waals surface area (Å²) in [5.41, 5.74) is 6.69. The summed E-state index contributed by atoms with van der Waals surface area (Å²) in [4.78, 5) is 25.1. The van der Waals surface area contributed by atoms with Gasteiger partial charge in [0.1, 0.15) is 5.76 Å². The lowest BCUT2D eigenvalue weighted by molar-refractivity contribution is -0.120. The molecule has 2 aromatic carbocycles. The van der Waals surface area contributed by atoms with Crippen molar-refractivity contribution in [3.8, 4) is 0 Å². The number of furan rings is 1. The first-order chi connectivity index (χ1) is 15.5. The van der Waals surface area contributed by atoms with E-state index in [1.165, 1.54) is 0 Å². The van der Waals surface area contributed by atoms with Crippen molar-refractivity contribution in [2.24, 2.45) is 5.10 Å². The first-order valence-corrected chi connectivity index (χ1v) is 10.9. The summed E-state index contributed by atoms with van der Waals surface area (Å²) in [6.07, 6.45) is 2.53. The van der Waals surface area contributed by atoms with Crippen molar-refractivity contribution >= 4 is 29.1 Å². The quantitative estimate of drug-likeness (QED) is 0.540. The third-order valence-corrected chi connectivity index (χ3v) is 5.82. The van der Waals surface area contributed by atoms with Gasteiger partial charge < -0.3 is 9.73 Å². The van der Waals surface area contributed by atoms with Crippen LogP contribution < -0.4 is 10.7 Å². The highest BCUT2D eigenvalue weighted by molar-refractivity contribution is 6.31. The van der Waals surface area contributed by atoms with Crippen molar-refractivity contribution in [2.45, 2.75) is 39.2 Å². The predicted molar refractivity (Wildman–Crippen MR) is 124 cm³/mol. The Balaban J connectivity index is 1.47. The van der Waals surface area contributed by atoms with Gasteiger partial charge in [0.05, 0.1) is 12.1 Å². The molecule has 1 aliphatic rings. The molecule has 1 heterocycles. The number of hydrazone groups is 1. The zero-order valence-electron chi connectivity index (χ0n) is 17.8. The van der Waals surface area contributed by atoms with E-state index in [0.717, 1.165) is 46.6 Å². The summed E-state index contributed by atoms with van der Waals surface area (Å²) in [6.45, 7) is 2.15. The maximum Gasteiger partial charge on any atom is 0.287 e. The molecule has 6 nitrogen and oxygen atoms in total. The van der Waals surface area contributed by atoms with Gasteiger partial charge >= 0.3 is 0 Å². The van der Waals surface area contributed by atoms with Crippen molar-refractivity contribution in [2.75, 3.05) is 0 Å². The smallest absolute Gasteiger partial charge is 0.287 e. The normalized spacial score (nSPS) is 14.1. The summed E-state index contributed by atoms with van der Waals surface area (Å²) in [5.74, 6) is 0.513. The van der Waals surface area contributed by atoms with Crippen LogP contribution in [-0.4, -0.2) is 17.5 Å². The molecule has 0 atom stereocenters. The number of rotatable bonds is 6. The second-order valence-corrected chi connectivity index (χ2v) is 8.15. The van der Waals surface area contributed by atoms with Crippen molar-refractivity contribution < 1.29 is 14.0 Å². The third-order valence-electron chi connectivity index (χ3n) is 5.45. The Morgan fingerprint density at radius 2 is 1.81 bits per heavy atom. The molecule has 0 unspecified atom stereocenters. The Labute approximate surface area is 191 Å². The Morgan fingerprint density at radius 1 is 1.06 bits per heavy atom. The Hall–Kier alpha value is -3.38. The molecule has 1 aliphatic carbocycles. The SMILES string of the molecule is Cc1c(C(=O)NCc2ccccc2Cl)oc2c1/C(=N/NC(=O)Cc1ccccc1)CCC2. The lowest BCUT2D eigenvalue weighted by Gasteiger charge is -2.13. The van der Waals surface area contributed by atoms with Crippen LogP contribution in [0, 0.1) is 6.92 Å². The first-order valence-electron chi connectivity index (χ1n) is 10.6. The van der Waals surface area contributed by atoms with E-state index in [9.17, 15) is 9.59 Å². The van der Waals surface area contributed by atoms with Gasteiger partial charge in [-0.25, -0.2) is 5.43 Å². The number of carbonyl (C=O) groups is 2. The van der Waals surface area contributed by atoms with E-state index < -0.39 is 0 Å². The lowest BCUT2D eigenvalue weighted by atomic mass is 9.93. The molecule has 0 radical (unpaired) electrons. The van der Waals surface area contributed by atoms with E-state index in [2.05, 4.69) is 15.8 Å². The van der Waals surface area contributed by atoms with Crippen LogP contribution in [0.5, 0.6) is 0 Å². The molecule has 0 fully saturated rings. The number of benzene rings is 2. The minimum absolute atomic E-state index is 0.185. The summed E-state index contributed by atoms with van der Waals surface area (Å²) in [6, 6.07) is 16.9. The second kappa shape index (κ2) is 9.83. The van der Waals surface area contributed by atoms with Gasteiger partial charge in [0, 0.05) is 29.1 Å². The molecule has 164 valence electrons. The number of carbonyl (C=O) groups excluding carboxylic acids is 2. The monoisotopic (exact) mass is 449 g/mol. The molecule has 0 aliphatic heterocycles. The fraction of sp³-hybridized carbons (Fsp3) is 0.240. The summed E-state index contributed by atoms with van der Waals surface area (Å²) < 4.78 is 5.91. The van der Waals surface area contributed by atoms with E-state index in [0.29, 0.717) is 18.0 Å². The highest BCUT2D eigenvalue weighted by Gasteiger charge is 2.28. The van der Waals surface area contributed by atoms with Gasteiger partial charge in [-0.2, -0.15) is 5.10 Å². The van der Waals surface area contributed by atoms with E-state index in [1.54, 1.807) is 6.07 Å². The number of aryl methyl sites for hydroxylation is 1. The first kappa shape index (κ1) is 21.8. The number of halogens is 1. The van der Waals surface area contributed by atoms with Gasteiger partial charge in [-0.1, -0.05) is 60.1 Å². The van der Waals surface area contributed by atoms with Crippen LogP contribution in [0.1, 0.15) is 51.4 Å². The molecular formula is C25H24ClN3O3. The van der Waals surface area contributed by atoms with Crippen LogP contribution in [0.2, 0.25) is 5.02 Å². The average Bonchev–Trinajstić information content (AvgIpc) is 3.15. The van der Waals surface area contributed by atoms with Gasteiger partial charge in [0.15, 0.2) is 5.76 Å². The number of fused-ring (bicyclic) bond motifs is 1. The van der Waals surface area contributed by atoms with Crippen LogP contribution in [0.3, 0.4) is 0 Å². The molecule has 0 saturated heterocycles. The van der Waals surface area contributed by atoms with Crippen LogP contribution in [0.4, 0.5) is 0 Å². The second-order valence-electron chi connectivity index (χ2n) is 7.74. The Bertz CT molecular complexity index is 1170. The Morgan fingerprint density at radius 3 is 2.59 bits per heavy atom. The molecule has 32 heavy (non-hydrogen) atoms. The molecule has 0 spiro atoms. The number of amides is 2. The number of hydrogen-bond donors (Lipinski definition) is 2. The maximum absolute atomic E-state index is 12.8. The average molecular weight is 450 g/mol. The van der Waals surface area contributed by atoms with E-state index in [-0.39, 0.29) is 24.0 Å². The van der Waals surface area contributed by atoms with Gasteiger partial charge in [-0.15, -0.1) is 0 Å². The third kappa shape index (κ3) is 4.92. The zero-order valence-corrected chi connectivity index (χ0v) is 18.5. The molecular weight excluding hydrogens is 426 g/mol. The van der Waals surface area contributed by atoms with Crippen molar-refractivity contribution in [1.29, 1.82) is 0 Å². The highest BCUT2D eigenvalue weighted by atomic mass is 35.5. The van der Waals surface area contributed by atoms with Crippen molar-refractivity contribution in [3.63, 3.8) is 0 Å². The van der Waals surface area contributed by atoms with Gasteiger partial charge in [-0.05, 0) is 37.0 Å². The minimum atomic E-state index is -0.302. The molecule has 4 rings (SSSR count). The Kier molecular flexibility index (Phi) is 6.71. The number of hydrogen-bond acceptors (Lipinski definition) is 4. The van der Waals surface area contributed by atoms with Gasteiger partial charge in [0.2, 0.25) is 5.91 Å². The van der Waals surface area contributed by atoms with Crippen molar-refractivity contribution in [1.82, 2.24) is 10.7 Å². The fourth-order valence-electron chi connectivity index (χ4n) is 3.84. The van der Waals surface area contributed by atoms with E-state index in [4.69, 9.17) is 16.0 Å². The molecule has 2 N–H and O–H groups in total. The van der Waals surface area contributed by atoms with Gasteiger partial charge in [-0.3, -0.25) is 9.59 Å².